The van der Waals surface area contributed by atoms with Crippen molar-refractivity contribution in [1.29, 1.82) is 0 Å². The van der Waals surface area contributed by atoms with Gasteiger partial charge >= 0.3 is 0 Å². The number of H-pyrrole nitrogens is 1. The highest BCUT2D eigenvalue weighted by atomic mass is 16.5. The number of hydrogen-bond donors (Lipinski definition) is 2. The van der Waals surface area contributed by atoms with Crippen LogP contribution in [-0.2, 0) is 4.79 Å². The summed E-state index contributed by atoms with van der Waals surface area (Å²) in [6.07, 6.45) is 5.14. The van der Waals surface area contributed by atoms with Gasteiger partial charge in [0.05, 0.1) is 29.5 Å². The molecule has 2 N–H and O–H groups in total. The number of benzene rings is 3. The van der Waals surface area contributed by atoms with Gasteiger partial charge in [-0.1, -0.05) is 30.3 Å². The number of para-hydroxylation sites is 3. The number of hydrogen-bond acceptors (Lipinski definition) is 4. The van der Waals surface area contributed by atoms with Crippen LogP contribution >= 0.6 is 0 Å². The van der Waals surface area contributed by atoms with Gasteiger partial charge in [-0.15, -0.1) is 0 Å². The number of carbonyl (C=O) groups is 1. The first kappa shape index (κ1) is 20.3. The Kier molecular flexibility index (Phi) is 5.43. The number of imidazole rings is 1. The zero-order chi connectivity index (χ0) is 22.6. The van der Waals surface area contributed by atoms with Gasteiger partial charge in [-0.05, 0) is 54.6 Å². The van der Waals surface area contributed by atoms with Gasteiger partial charge in [-0.3, -0.25) is 10.1 Å². The lowest BCUT2D eigenvalue weighted by molar-refractivity contribution is -0.111. The standard InChI is InChI=1S/C26H21N5O2/c1-33-21-14-11-18(12-15-21)25-19(17-31(30-25)20-7-3-2-4-8-20)13-16-24(32)29-26-27-22-9-5-6-10-23(22)28-26/h2-17H,1H3,(H2,27,28,29,32)/b16-13+. The third kappa shape index (κ3) is 4.38. The molecule has 162 valence electrons. The van der Waals surface area contributed by atoms with Crippen LogP contribution in [-0.4, -0.2) is 32.8 Å². The van der Waals surface area contributed by atoms with Crippen molar-refractivity contribution in [3.05, 3.63) is 96.7 Å². The summed E-state index contributed by atoms with van der Waals surface area (Å²) in [5.74, 6) is 0.881. The van der Waals surface area contributed by atoms with Crippen LogP contribution in [0.4, 0.5) is 5.95 Å². The SMILES string of the molecule is COc1ccc(-c2nn(-c3ccccc3)cc2/C=C/C(=O)Nc2nc3ccccc3[nH]2)cc1. The Morgan fingerprint density at radius 1 is 1.00 bits per heavy atom. The van der Waals surface area contributed by atoms with Gasteiger partial charge in [-0.25, -0.2) is 9.67 Å². The number of ether oxygens (including phenoxy) is 1. The lowest BCUT2D eigenvalue weighted by atomic mass is 10.1. The van der Waals surface area contributed by atoms with Crippen molar-refractivity contribution in [1.82, 2.24) is 19.7 Å². The molecular formula is C26H21N5O2. The molecule has 2 aromatic heterocycles. The van der Waals surface area contributed by atoms with Crippen molar-refractivity contribution in [2.24, 2.45) is 0 Å². The molecular weight excluding hydrogens is 414 g/mol. The zero-order valence-corrected chi connectivity index (χ0v) is 17.9. The van der Waals surface area contributed by atoms with E-state index in [0.29, 0.717) is 5.95 Å². The number of carbonyl (C=O) groups excluding carboxylic acids is 1. The number of aromatic nitrogens is 4. The van der Waals surface area contributed by atoms with Crippen molar-refractivity contribution in [3.63, 3.8) is 0 Å². The lowest BCUT2D eigenvalue weighted by Gasteiger charge is -2.02. The number of amides is 1. The predicted molar refractivity (Wildman–Crippen MR) is 129 cm³/mol. The second-order valence-corrected chi connectivity index (χ2v) is 7.37. The smallest absolute Gasteiger partial charge is 0.250 e. The minimum atomic E-state index is -0.290. The van der Waals surface area contributed by atoms with E-state index in [1.165, 1.54) is 6.08 Å². The summed E-state index contributed by atoms with van der Waals surface area (Å²) in [4.78, 5) is 20.0. The summed E-state index contributed by atoms with van der Waals surface area (Å²) in [5.41, 5.74) is 5.07. The van der Waals surface area contributed by atoms with Crippen LogP contribution in [0.1, 0.15) is 5.56 Å². The molecule has 0 radical (unpaired) electrons. The zero-order valence-electron chi connectivity index (χ0n) is 17.9. The first-order valence-electron chi connectivity index (χ1n) is 10.4. The quantitative estimate of drug-likeness (QED) is 0.365. The molecule has 0 saturated heterocycles. The van der Waals surface area contributed by atoms with Gasteiger partial charge in [0.15, 0.2) is 0 Å². The molecule has 5 rings (SSSR count). The van der Waals surface area contributed by atoms with E-state index in [9.17, 15) is 4.79 Å². The number of nitrogens with one attached hydrogen (secondary N) is 2. The highest BCUT2D eigenvalue weighted by Crippen LogP contribution is 2.27. The number of anilines is 1. The Balaban J connectivity index is 1.44. The van der Waals surface area contributed by atoms with Gasteiger partial charge in [0, 0.05) is 23.4 Å². The maximum Gasteiger partial charge on any atom is 0.250 e. The van der Waals surface area contributed by atoms with Crippen LogP contribution in [0.3, 0.4) is 0 Å². The van der Waals surface area contributed by atoms with E-state index < -0.39 is 0 Å². The molecule has 33 heavy (non-hydrogen) atoms. The number of aromatic amines is 1. The summed E-state index contributed by atoms with van der Waals surface area (Å²) in [5, 5.41) is 7.55. The molecule has 0 fully saturated rings. The van der Waals surface area contributed by atoms with Crippen LogP contribution in [0.5, 0.6) is 5.75 Å². The number of rotatable bonds is 6. The molecule has 0 aliphatic rings. The van der Waals surface area contributed by atoms with Crippen LogP contribution in [0.25, 0.3) is 34.1 Å². The van der Waals surface area contributed by atoms with Crippen LogP contribution in [0.15, 0.2) is 91.1 Å². The molecule has 0 atom stereocenters. The van der Waals surface area contributed by atoms with Gasteiger partial charge < -0.3 is 9.72 Å². The molecule has 2 heterocycles. The average molecular weight is 435 g/mol. The molecule has 0 spiro atoms. The van der Waals surface area contributed by atoms with E-state index in [2.05, 4.69) is 15.3 Å². The number of nitrogens with zero attached hydrogens (tertiary/aromatic N) is 3. The third-order valence-corrected chi connectivity index (χ3v) is 5.17. The maximum absolute atomic E-state index is 12.6. The molecule has 0 aliphatic heterocycles. The lowest BCUT2D eigenvalue weighted by Crippen LogP contribution is -2.08. The summed E-state index contributed by atoms with van der Waals surface area (Å²) in [7, 11) is 1.63. The number of fused-ring (bicyclic) bond motifs is 1. The Morgan fingerprint density at radius 2 is 1.76 bits per heavy atom. The minimum Gasteiger partial charge on any atom is -0.497 e. The predicted octanol–water partition coefficient (Wildman–Crippen LogP) is 5.08. The van der Waals surface area contributed by atoms with Crippen molar-refractivity contribution in [3.8, 4) is 22.7 Å². The average Bonchev–Trinajstić information content (AvgIpc) is 3.47. The van der Waals surface area contributed by atoms with Crippen molar-refractivity contribution < 1.29 is 9.53 Å². The van der Waals surface area contributed by atoms with E-state index in [4.69, 9.17) is 9.84 Å². The molecule has 5 aromatic rings. The summed E-state index contributed by atoms with van der Waals surface area (Å²) in [6, 6.07) is 25.1. The Hall–Kier alpha value is -4.65. The van der Waals surface area contributed by atoms with Crippen molar-refractivity contribution >= 4 is 29.0 Å². The molecule has 7 heteroatoms. The van der Waals surface area contributed by atoms with Crippen molar-refractivity contribution in [2.75, 3.05) is 12.4 Å². The highest BCUT2D eigenvalue weighted by molar-refractivity contribution is 6.02. The monoisotopic (exact) mass is 435 g/mol. The fourth-order valence-corrected chi connectivity index (χ4v) is 3.53. The second-order valence-electron chi connectivity index (χ2n) is 7.37. The van der Waals surface area contributed by atoms with E-state index in [0.717, 1.165) is 39.3 Å². The third-order valence-electron chi connectivity index (χ3n) is 5.17. The van der Waals surface area contributed by atoms with E-state index in [1.807, 2.05) is 85.1 Å². The van der Waals surface area contributed by atoms with Crippen LogP contribution < -0.4 is 10.1 Å². The first-order chi connectivity index (χ1) is 16.2. The molecule has 1 amide bonds. The largest absolute Gasteiger partial charge is 0.497 e. The minimum absolute atomic E-state index is 0.290. The van der Waals surface area contributed by atoms with Gasteiger partial charge in [-0.2, -0.15) is 5.10 Å². The second kappa shape index (κ2) is 8.84. The van der Waals surface area contributed by atoms with E-state index >= 15 is 0 Å². The number of methoxy groups -OCH3 is 1. The fraction of sp³-hybridized carbons (Fsp3) is 0.0385. The molecule has 7 nitrogen and oxygen atoms in total. The fourth-order valence-electron chi connectivity index (χ4n) is 3.53. The van der Waals surface area contributed by atoms with Crippen molar-refractivity contribution in [2.45, 2.75) is 0 Å². The summed E-state index contributed by atoms with van der Waals surface area (Å²) >= 11 is 0. The Morgan fingerprint density at radius 3 is 2.52 bits per heavy atom. The van der Waals surface area contributed by atoms with E-state index in [-0.39, 0.29) is 5.91 Å². The maximum atomic E-state index is 12.6. The van der Waals surface area contributed by atoms with E-state index in [1.54, 1.807) is 17.9 Å². The summed E-state index contributed by atoms with van der Waals surface area (Å²) < 4.78 is 7.07. The normalized spacial score (nSPS) is 11.2. The molecule has 3 aromatic carbocycles. The van der Waals surface area contributed by atoms with Gasteiger partial charge in [0.25, 0.3) is 5.91 Å². The summed E-state index contributed by atoms with van der Waals surface area (Å²) in [6.45, 7) is 0. The topological polar surface area (TPSA) is 84.8 Å². The molecule has 0 bridgehead atoms. The van der Waals surface area contributed by atoms with Gasteiger partial charge in [0.1, 0.15) is 5.75 Å². The highest BCUT2D eigenvalue weighted by Gasteiger charge is 2.12. The molecule has 0 saturated carbocycles. The van der Waals surface area contributed by atoms with Gasteiger partial charge in [0.2, 0.25) is 5.95 Å². The van der Waals surface area contributed by atoms with Crippen LogP contribution in [0.2, 0.25) is 0 Å². The molecule has 0 unspecified atom stereocenters. The Labute approximate surface area is 190 Å². The molecule has 0 aliphatic carbocycles. The van der Waals surface area contributed by atoms with Crippen LogP contribution in [0, 0.1) is 0 Å². The Bertz CT molecular complexity index is 1400. The first-order valence-corrected chi connectivity index (χ1v) is 10.4.